The molecule has 0 aliphatic carbocycles. The van der Waals surface area contributed by atoms with Crippen molar-refractivity contribution in [2.24, 2.45) is 0 Å². The molecule has 3 N–H and O–H groups in total. The Balaban J connectivity index is 1.24. The second kappa shape index (κ2) is 11.7. The normalized spacial score (nSPS) is 18.7. The number of piperidine rings is 1. The number of benzene rings is 2. The summed E-state index contributed by atoms with van der Waals surface area (Å²) in [6.07, 6.45) is 2.41. The van der Waals surface area contributed by atoms with Crippen molar-refractivity contribution >= 4 is 34.7 Å². The molecule has 43 heavy (non-hydrogen) atoms. The molecule has 228 valence electrons. The van der Waals surface area contributed by atoms with Crippen molar-refractivity contribution in [2.75, 3.05) is 41.3 Å². The maximum atomic E-state index is 13.3. The first-order chi connectivity index (χ1) is 20.3. The van der Waals surface area contributed by atoms with Crippen molar-refractivity contribution in [3.05, 3.63) is 76.2 Å². The van der Waals surface area contributed by atoms with Gasteiger partial charge in [0.1, 0.15) is 12.0 Å². The summed E-state index contributed by atoms with van der Waals surface area (Å²) >= 11 is 0. The number of halogens is 1. The van der Waals surface area contributed by atoms with E-state index in [1.165, 1.54) is 23.4 Å². The van der Waals surface area contributed by atoms with Crippen molar-refractivity contribution in [2.45, 2.75) is 57.7 Å². The molecule has 2 aliphatic rings. The summed E-state index contributed by atoms with van der Waals surface area (Å²) < 4.78 is 13.3. The lowest BCUT2D eigenvalue weighted by Crippen LogP contribution is -2.62. The quantitative estimate of drug-likeness (QED) is 0.260. The number of piperazine rings is 1. The molecule has 2 fully saturated rings. The summed E-state index contributed by atoms with van der Waals surface area (Å²) in [6.45, 7) is 9.97. The van der Waals surface area contributed by atoms with Crippen molar-refractivity contribution in [3.8, 4) is 0 Å². The summed E-state index contributed by atoms with van der Waals surface area (Å²) in [4.78, 5) is 36.9. The Bertz CT molecular complexity index is 1460. The molecular weight excluding hydrogens is 555 g/mol. The molecule has 0 saturated carbocycles. The van der Waals surface area contributed by atoms with E-state index in [0.29, 0.717) is 50.3 Å². The van der Waals surface area contributed by atoms with E-state index in [0.717, 1.165) is 5.69 Å². The molecule has 0 atom stereocenters. The van der Waals surface area contributed by atoms with Crippen LogP contribution in [-0.4, -0.2) is 74.4 Å². The van der Waals surface area contributed by atoms with E-state index in [1.807, 2.05) is 32.6 Å². The monoisotopic (exact) mass is 592 g/mol. The first-order valence-corrected chi connectivity index (χ1v) is 14.3. The maximum Gasteiger partial charge on any atom is 0.329 e. The number of nitro groups is 1. The van der Waals surface area contributed by atoms with E-state index in [-0.39, 0.29) is 35.2 Å². The van der Waals surface area contributed by atoms with Gasteiger partial charge in [-0.25, -0.2) is 9.37 Å². The molecule has 13 heteroatoms. The molecule has 3 aromatic rings. The molecule has 5 rings (SSSR count). The second-order valence-electron chi connectivity index (χ2n) is 12.3. The van der Waals surface area contributed by atoms with E-state index in [4.69, 9.17) is 0 Å². The van der Waals surface area contributed by atoms with Gasteiger partial charge < -0.3 is 25.6 Å². The van der Waals surface area contributed by atoms with Crippen LogP contribution in [0, 0.1) is 15.9 Å². The van der Waals surface area contributed by atoms with Gasteiger partial charge >= 0.3 is 5.69 Å². The third-order valence-electron chi connectivity index (χ3n) is 8.09. The number of rotatable bonds is 7. The van der Waals surface area contributed by atoms with E-state index < -0.39 is 16.0 Å². The highest BCUT2D eigenvalue weighted by molar-refractivity contribution is 5.94. The van der Waals surface area contributed by atoms with Crippen molar-refractivity contribution < 1.29 is 19.3 Å². The topological polar surface area (TPSA) is 140 Å². The van der Waals surface area contributed by atoms with Crippen LogP contribution in [0.15, 0.2) is 54.7 Å². The first-order valence-electron chi connectivity index (χ1n) is 14.3. The number of hydrogen-bond acceptors (Lipinski definition) is 10. The van der Waals surface area contributed by atoms with Crippen LogP contribution in [0.25, 0.3) is 0 Å². The molecule has 0 spiro atoms. The van der Waals surface area contributed by atoms with Crippen LogP contribution in [-0.2, 0) is 0 Å². The number of anilines is 4. The Morgan fingerprint density at radius 2 is 1.56 bits per heavy atom. The van der Waals surface area contributed by atoms with Crippen LogP contribution in [0.5, 0.6) is 0 Å². The fraction of sp³-hybridized carbons (Fsp3) is 0.433. The lowest BCUT2D eigenvalue weighted by Gasteiger charge is -2.51. The van der Waals surface area contributed by atoms with Crippen molar-refractivity contribution in [3.63, 3.8) is 0 Å². The standard InChI is InChI=1S/C30H37FN8O4/c1-29(2)17-23(18-30(3,4)39(29)43)33-27(40)20-5-9-22(10-6-20)34-28-32-19-25(38(41)42)26(35-28)37-15-13-36(14-16-37)24-11-7-21(31)8-12-24/h5-12,19,23,43H,13-18H2,1-4H3,(H,33,40)(H,32,34,35). The molecule has 0 bridgehead atoms. The van der Waals surface area contributed by atoms with Crippen LogP contribution < -0.4 is 20.4 Å². The number of aromatic nitrogens is 2. The Kier molecular flexibility index (Phi) is 8.21. The van der Waals surface area contributed by atoms with Gasteiger partial charge in [0, 0.05) is 60.2 Å². The van der Waals surface area contributed by atoms with Gasteiger partial charge in [-0.05, 0) is 89.1 Å². The fourth-order valence-electron chi connectivity index (χ4n) is 6.09. The maximum absolute atomic E-state index is 13.3. The molecule has 12 nitrogen and oxygen atoms in total. The zero-order valence-corrected chi connectivity index (χ0v) is 24.7. The Hall–Kier alpha value is -4.36. The average Bonchev–Trinajstić information content (AvgIpc) is 2.96. The highest BCUT2D eigenvalue weighted by Crippen LogP contribution is 2.37. The summed E-state index contributed by atoms with van der Waals surface area (Å²) in [5.74, 6) is -0.0936. The number of carbonyl (C=O) groups is 1. The van der Waals surface area contributed by atoms with Gasteiger partial charge in [0.2, 0.25) is 11.8 Å². The molecule has 1 aromatic heterocycles. The highest BCUT2D eigenvalue weighted by atomic mass is 19.1. The fourth-order valence-corrected chi connectivity index (χ4v) is 6.09. The number of hydrogen-bond donors (Lipinski definition) is 3. The minimum atomic E-state index is -0.495. The SMILES string of the molecule is CC1(C)CC(NC(=O)c2ccc(Nc3ncc([N+](=O)[O-])c(N4CCN(c5ccc(F)cc5)CC4)n3)cc2)CC(C)(C)N1O. The predicted octanol–water partition coefficient (Wildman–Crippen LogP) is 4.73. The average molecular weight is 593 g/mol. The van der Waals surface area contributed by atoms with Gasteiger partial charge in [-0.3, -0.25) is 14.9 Å². The Labute approximate surface area is 249 Å². The van der Waals surface area contributed by atoms with Crippen LogP contribution in [0.3, 0.4) is 0 Å². The molecule has 1 amide bonds. The Morgan fingerprint density at radius 3 is 2.14 bits per heavy atom. The summed E-state index contributed by atoms with van der Waals surface area (Å²) in [5.41, 5.74) is 0.845. The molecule has 0 radical (unpaired) electrons. The minimum Gasteiger partial charge on any atom is -0.368 e. The third-order valence-corrected chi connectivity index (χ3v) is 8.09. The van der Waals surface area contributed by atoms with Gasteiger partial charge in [0.05, 0.1) is 4.92 Å². The van der Waals surface area contributed by atoms with E-state index in [2.05, 4.69) is 25.5 Å². The molecule has 0 unspecified atom stereocenters. The van der Waals surface area contributed by atoms with Gasteiger partial charge in [-0.15, -0.1) is 0 Å². The van der Waals surface area contributed by atoms with Crippen molar-refractivity contribution in [1.82, 2.24) is 20.3 Å². The van der Waals surface area contributed by atoms with Gasteiger partial charge in [0.25, 0.3) is 5.91 Å². The lowest BCUT2D eigenvalue weighted by atomic mass is 9.79. The third kappa shape index (κ3) is 6.67. The predicted molar refractivity (Wildman–Crippen MR) is 162 cm³/mol. The molecule has 3 heterocycles. The molecule has 2 aliphatic heterocycles. The van der Waals surface area contributed by atoms with Gasteiger partial charge in [0.15, 0.2) is 0 Å². The van der Waals surface area contributed by atoms with Crippen LogP contribution in [0.1, 0.15) is 50.9 Å². The van der Waals surface area contributed by atoms with Crippen LogP contribution >= 0.6 is 0 Å². The number of carbonyl (C=O) groups excluding carboxylic acids is 1. The first kappa shape index (κ1) is 30.1. The van der Waals surface area contributed by atoms with Gasteiger partial charge in [-0.1, -0.05) is 0 Å². The molecule has 2 saturated heterocycles. The largest absolute Gasteiger partial charge is 0.368 e. The van der Waals surface area contributed by atoms with E-state index >= 15 is 0 Å². The zero-order valence-electron chi connectivity index (χ0n) is 24.7. The number of nitrogens with zero attached hydrogens (tertiary/aromatic N) is 6. The number of hydroxylamine groups is 2. The van der Waals surface area contributed by atoms with E-state index in [9.17, 15) is 24.5 Å². The summed E-state index contributed by atoms with van der Waals surface area (Å²) in [5, 5.41) is 29.9. The van der Waals surface area contributed by atoms with Gasteiger partial charge in [-0.2, -0.15) is 10.0 Å². The summed E-state index contributed by atoms with van der Waals surface area (Å²) in [6, 6.07) is 13.0. The lowest BCUT2D eigenvalue weighted by molar-refractivity contribution is -0.384. The van der Waals surface area contributed by atoms with Crippen molar-refractivity contribution in [1.29, 1.82) is 0 Å². The smallest absolute Gasteiger partial charge is 0.329 e. The highest BCUT2D eigenvalue weighted by Gasteiger charge is 2.45. The second-order valence-corrected chi connectivity index (χ2v) is 12.3. The van der Waals surface area contributed by atoms with E-state index in [1.54, 1.807) is 36.4 Å². The zero-order chi connectivity index (χ0) is 30.9. The van der Waals surface area contributed by atoms with Crippen LogP contribution in [0.4, 0.5) is 33.2 Å². The molecule has 2 aromatic carbocycles. The number of amides is 1. The summed E-state index contributed by atoms with van der Waals surface area (Å²) in [7, 11) is 0. The minimum absolute atomic E-state index is 0.0943. The Morgan fingerprint density at radius 1 is 0.977 bits per heavy atom. The number of nitrogens with one attached hydrogen (secondary N) is 2. The van der Waals surface area contributed by atoms with Crippen LogP contribution in [0.2, 0.25) is 0 Å². The molecular formula is C30H37FN8O4.